The number of hydrogen-bond acceptors (Lipinski definition) is 3. The molecule has 0 heterocycles. The number of Topliss-reactive ketones (excluding diaryl/α,β-unsaturated/α-hetero) is 2. The van der Waals surface area contributed by atoms with Gasteiger partial charge in [0.2, 0.25) is 11.7 Å². The van der Waals surface area contributed by atoms with E-state index in [9.17, 15) is 27.6 Å². The predicted molar refractivity (Wildman–Crippen MR) is 145 cm³/mol. The van der Waals surface area contributed by atoms with Crippen molar-refractivity contribution < 1.29 is 27.6 Å². The van der Waals surface area contributed by atoms with Gasteiger partial charge in [0.25, 0.3) is 0 Å². The molecule has 0 aromatic heterocycles. The molecule has 0 aliphatic rings. The van der Waals surface area contributed by atoms with E-state index in [4.69, 9.17) is 11.6 Å². The van der Waals surface area contributed by atoms with Crippen LogP contribution >= 0.6 is 11.6 Å². The molecule has 39 heavy (non-hydrogen) atoms. The minimum atomic E-state index is -5.05. The average Bonchev–Trinajstić information content (AvgIpc) is 2.90. The Hall–Kier alpha value is -3.45. The molecule has 3 rings (SSSR count). The molecule has 0 aliphatic carbocycles. The SMILES string of the molecule is CC(C)[C@H](CC(=O)[C@H](Cc1ccccc1)NC(=O)CC(c1ccccc1)c1cccc(Cl)c1)C(=O)C(F)(F)F. The van der Waals surface area contributed by atoms with Crippen molar-refractivity contribution in [1.29, 1.82) is 0 Å². The van der Waals surface area contributed by atoms with Crippen molar-refractivity contribution in [3.8, 4) is 0 Å². The Kier molecular flexibility index (Phi) is 10.5. The van der Waals surface area contributed by atoms with Crippen molar-refractivity contribution in [3.63, 3.8) is 0 Å². The lowest BCUT2D eigenvalue weighted by Gasteiger charge is -2.25. The number of halogens is 4. The van der Waals surface area contributed by atoms with Crippen molar-refractivity contribution in [2.45, 2.75) is 51.2 Å². The average molecular weight is 558 g/mol. The molecule has 0 spiro atoms. The quantitative estimate of drug-likeness (QED) is 0.262. The monoisotopic (exact) mass is 557 g/mol. The van der Waals surface area contributed by atoms with Gasteiger partial charge in [0, 0.05) is 29.7 Å². The third-order valence-electron chi connectivity index (χ3n) is 6.69. The number of carbonyl (C=O) groups is 3. The van der Waals surface area contributed by atoms with Gasteiger partial charge < -0.3 is 5.32 Å². The van der Waals surface area contributed by atoms with E-state index in [0.29, 0.717) is 5.02 Å². The molecule has 1 amide bonds. The van der Waals surface area contributed by atoms with Crippen molar-refractivity contribution >= 4 is 29.1 Å². The van der Waals surface area contributed by atoms with E-state index in [0.717, 1.165) is 16.7 Å². The second-order valence-electron chi connectivity index (χ2n) is 9.92. The summed E-state index contributed by atoms with van der Waals surface area (Å²) in [5.41, 5.74) is 2.41. The molecule has 0 saturated carbocycles. The number of benzene rings is 3. The highest BCUT2D eigenvalue weighted by Crippen LogP contribution is 2.31. The first kappa shape index (κ1) is 30.1. The molecule has 3 aromatic rings. The maximum atomic E-state index is 13.4. The number of hydrogen-bond donors (Lipinski definition) is 1. The van der Waals surface area contributed by atoms with E-state index in [1.54, 1.807) is 48.5 Å². The number of carbonyl (C=O) groups excluding carboxylic acids is 3. The number of amides is 1. The fourth-order valence-electron chi connectivity index (χ4n) is 4.57. The topological polar surface area (TPSA) is 63.2 Å². The summed E-state index contributed by atoms with van der Waals surface area (Å²) < 4.78 is 39.7. The maximum absolute atomic E-state index is 13.4. The Morgan fingerprint density at radius 3 is 1.97 bits per heavy atom. The second-order valence-corrected chi connectivity index (χ2v) is 10.4. The van der Waals surface area contributed by atoms with Crippen LogP contribution in [0.5, 0.6) is 0 Å². The first-order chi connectivity index (χ1) is 18.5. The predicted octanol–water partition coefficient (Wildman–Crippen LogP) is 6.95. The Labute approximate surface area is 231 Å². The van der Waals surface area contributed by atoms with Crippen LogP contribution in [-0.4, -0.2) is 29.7 Å². The molecule has 4 nitrogen and oxygen atoms in total. The zero-order chi connectivity index (χ0) is 28.6. The number of rotatable bonds is 12. The van der Waals surface area contributed by atoms with Gasteiger partial charge >= 0.3 is 6.18 Å². The van der Waals surface area contributed by atoms with Gasteiger partial charge in [-0.25, -0.2) is 0 Å². The smallest absolute Gasteiger partial charge is 0.346 e. The van der Waals surface area contributed by atoms with Crippen LogP contribution in [0.3, 0.4) is 0 Å². The molecule has 1 N–H and O–H groups in total. The van der Waals surface area contributed by atoms with E-state index >= 15 is 0 Å². The van der Waals surface area contributed by atoms with E-state index in [2.05, 4.69) is 5.32 Å². The molecule has 0 aliphatic heterocycles. The van der Waals surface area contributed by atoms with Crippen molar-refractivity contribution in [2.75, 3.05) is 0 Å². The minimum absolute atomic E-state index is 0.0159. The van der Waals surface area contributed by atoms with E-state index in [1.165, 1.54) is 13.8 Å². The van der Waals surface area contributed by atoms with Gasteiger partial charge in [-0.2, -0.15) is 13.2 Å². The van der Waals surface area contributed by atoms with Crippen LogP contribution in [0.25, 0.3) is 0 Å². The summed E-state index contributed by atoms with van der Waals surface area (Å²) in [6.07, 6.45) is -5.60. The first-order valence-corrected chi connectivity index (χ1v) is 13.1. The van der Waals surface area contributed by atoms with Crippen LogP contribution in [0.4, 0.5) is 13.2 Å². The Balaban J connectivity index is 1.86. The van der Waals surface area contributed by atoms with Gasteiger partial charge in [-0.05, 0) is 41.2 Å². The first-order valence-electron chi connectivity index (χ1n) is 12.7. The molecule has 3 aromatic carbocycles. The fourth-order valence-corrected chi connectivity index (χ4v) is 4.77. The van der Waals surface area contributed by atoms with Gasteiger partial charge in [0.1, 0.15) is 0 Å². The molecule has 0 saturated heterocycles. The van der Waals surface area contributed by atoms with E-state index < -0.39 is 47.9 Å². The zero-order valence-corrected chi connectivity index (χ0v) is 22.5. The van der Waals surface area contributed by atoms with Crippen LogP contribution in [0.1, 0.15) is 49.3 Å². The van der Waals surface area contributed by atoms with Gasteiger partial charge in [-0.15, -0.1) is 0 Å². The lowest BCUT2D eigenvalue weighted by molar-refractivity contribution is -0.177. The number of nitrogens with one attached hydrogen (secondary N) is 1. The number of alkyl halides is 3. The van der Waals surface area contributed by atoms with Crippen LogP contribution < -0.4 is 5.32 Å². The summed E-state index contributed by atoms with van der Waals surface area (Å²) in [6, 6.07) is 24.3. The molecule has 0 fully saturated rings. The molecular formula is C31H31ClF3NO3. The third kappa shape index (κ3) is 8.79. The van der Waals surface area contributed by atoms with Gasteiger partial charge in [0.05, 0.1) is 6.04 Å². The molecular weight excluding hydrogens is 527 g/mol. The Morgan fingerprint density at radius 1 is 0.821 bits per heavy atom. The third-order valence-corrected chi connectivity index (χ3v) is 6.93. The lowest BCUT2D eigenvalue weighted by Crippen LogP contribution is -2.45. The van der Waals surface area contributed by atoms with Gasteiger partial charge in [-0.3, -0.25) is 14.4 Å². The van der Waals surface area contributed by atoms with Crippen molar-refractivity contribution in [3.05, 3.63) is 107 Å². The summed E-state index contributed by atoms with van der Waals surface area (Å²) in [5.74, 6) is -5.60. The lowest BCUT2D eigenvalue weighted by atomic mass is 9.84. The van der Waals surface area contributed by atoms with Gasteiger partial charge in [-0.1, -0.05) is 98.2 Å². The molecule has 206 valence electrons. The highest BCUT2D eigenvalue weighted by atomic mass is 35.5. The van der Waals surface area contributed by atoms with Crippen molar-refractivity contribution in [1.82, 2.24) is 5.32 Å². The summed E-state index contributed by atoms with van der Waals surface area (Å²) in [7, 11) is 0. The molecule has 1 unspecified atom stereocenters. The van der Waals surface area contributed by atoms with E-state index in [-0.39, 0.29) is 18.8 Å². The fraction of sp³-hybridized carbons (Fsp3) is 0.323. The highest BCUT2D eigenvalue weighted by Gasteiger charge is 2.45. The summed E-state index contributed by atoms with van der Waals surface area (Å²) in [4.78, 5) is 38.8. The Bertz CT molecular complexity index is 1260. The molecule has 0 radical (unpaired) electrons. The minimum Gasteiger partial charge on any atom is -0.346 e. The van der Waals surface area contributed by atoms with E-state index in [1.807, 2.05) is 36.4 Å². The normalized spacial score (nSPS) is 13.9. The highest BCUT2D eigenvalue weighted by molar-refractivity contribution is 6.30. The standard InChI is InChI=1S/C31H31ClF3NO3/c1-20(2)25(30(39)31(33,34)35)18-28(37)27(16-21-10-5-3-6-11-21)36-29(38)19-26(22-12-7-4-8-13-22)23-14-9-15-24(32)17-23/h3-15,17,20,25-27H,16,18-19H2,1-2H3,(H,36,38)/t25-,26?,27-/m0/s1. The largest absolute Gasteiger partial charge is 0.450 e. The van der Waals surface area contributed by atoms with Crippen LogP contribution in [0.2, 0.25) is 5.02 Å². The summed E-state index contributed by atoms with van der Waals surface area (Å²) >= 11 is 6.21. The van der Waals surface area contributed by atoms with Gasteiger partial charge in [0.15, 0.2) is 5.78 Å². The van der Waals surface area contributed by atoms with Crippen molar-refractivity contribution in [2.24, 2.45) is 11.8 Å². The van der Waals surface area contributed by atoms with Crippen LogP contribution in [-0.2, 0) is 20.8 Å². The summed E-state index contributed by atoms with van der Waals surface area (Å²) in [5, 5.41) is 3.27. The maximum Gasteiger partial charge on any atom is 0.450 e. The molecule has 0 bridgehead atoms. The summed E-state index contributed by atoms with van der Waals surface area (Å²) in [6.45, 7) is 2.95. The zero-order valence-electron chi connectivity index (χ0n) is 21.8. The molecule has 3 atom stereocenters. The van der Waals surface area contributed by atoms with Crippen LogP contribution in [0, 0.1) is 11.8 Å². The second kappa shape index (κ2) is 13.6. The molecule has 8 heteroatoms. The number of ketones is 2. The Morgan fingerprint density at radius 2 is 1.41 bits per heavy atom. The van der Waals surface area contributed by atoms with Crippen LogP contribution in [0.15, 0.2) is 84.9 Å².